The van der Waals surface area contributed by atoms with Crippen molar-refractivity contribution in [3.63, 3.8) is 0 Å². The lowest BCUT2D eigenvalue weighted by Gasteiger charge is -2.01. The molecule has 0 atom stereocenters. The molecule has 0 radical (unpaired) electrons. The van der Waals surface area contributed by atoms with Crippen LogP contribution in [0.3, 0.4) is 0 Å². The third-order valence-electron chi connectivity index (χ3n) is 1.96. The average molecular weight is 255 g/mol. The topological polar surface area (TPSA) is 72.2 Å². The molecule has 0 saturated heterocycles. The van der Waals surface area contributed by atoms with Crippen molar-refractivity contribution in [1.29, 1.82) is 0 Å². The largest absolute Gasteiger partial charge is 0.349 e. The lowest BCUT2D eigenvalue weighted by molar-refractivity contribution is -0.384. The van der Waals surface area contributed by atoms with E-state index in [1.165, 1.54) is 24.3 Å². The van der Waals surface area contributed by atoms with Crippen LogP contribution in [0.15, 0.2) is 36.4 Å². The molecule has 0 aliphatic carbocycles. The molecular formula is C11H11ClN2O3. The number of non-ortho nitro benzene ring substituents is 1. The van der Waals surface area contributed by atoms with Crippen molar-refractivity contribution in [2.24, 2.45) is 0 Å². The predicted molar refractivity (Wildman–Crippen MR) is 65.3 cm³/mol. The van der Waals surface area contributed by atoms with Crippen LogP contribution in [-0.2, 0) is 0 Å². The number of benzene rings is 1. The fourth-order valence-electron chi connectivity index (χ4n) is 1.16. The number of carbonyl (C=O) groups excluding carboxylic acids is 1. The van der Waals surface area contributed by atoms with E-state index in [0.29, 0.717) is 12.4 Å². The lowest BCUT2D eigenvalue weighted by atomic mass is 10.2. The Labute approximate surface area is 103 Å². The smallest absolute Gasteiger partial charge is 0.270 e. The number of nitrogens with one attached hydrogen (secondary N) is 1. The average Bonchev–Trinajstić information content (AvgIpc) is 2.34. The van der Waals surface area contributed by atoms with Gasteiger partial charge in [0.15, 0.2) is 0 Å². The highest BCUT2D eigenvalue weighted by molar-refractivity contribution is 6.18. The van der Waals surface area contributed by atoms with Gasteiger partial charge < -0.3 is 5.32 Å². The zero-order valence-corrected chi connectivity index (χ0v) is 9.68. The normalized spacial score (nSPS) is 10.4. The van der Waals surface area contributed by atoms with Crippen molar-refractivity contribution in [3.05, 3.63) is 52.1 Å². The van der Waals surface area contributed by atoms with Crippen molar-refractivity contribution in [1.82, 2.24) is 5.32 Å². The van der Waals surface area contributed by atoms with Gasteiger partial charge in [0.25, 0.3) is 11.6 Å². The van der Waals surface area contributed by atoms with Crippen LogP contribution in [0.5, 0.6) is 0 Å². The van der Waals surface area contributed by atoms with Crippen LogP contribution in [0.2, 0.25) is 0 Å². The summed E-state index contributed by atoms with van der Waals surface area (Å²) in [5, 5.41) is 13.1. The number of rotatable bonds is 5. The standard InChI is InChI=1S/C11H11ClN2O3/c12-6-1-2-7-13-11(15)9-4-3-5-10(8-9)14(16)17/h1-5,8H,6-7H2,(H,13,15)/b2-1+. The van der Waals surface area contributed by atoms with Gasteiger partial charge >= 0.3 is 0 Å². The fourth-order valence-corrected chi connectivity index (χ4v) is 1.29. The summed E-state index contributed by atoms with van der Waals surface area (Å²) in [4.78, 5) is 21.6. The second kappa shape index (κ2) is 6.65. The second-order valence-electron chi connectivity index (χ2n) is 3.14. The molecule has 0 heterocycles. The van der Waals surface area contributed by atoms with Gasteiger partial charge in [0.2, 0.25) is 0 Å². The molecule has 1 aromatic carbocycles. The summed E-state index contributed by atoms with van der Waals surface area (Å²) >= 11 is 5.41. The number of nitro benzene ring substituents is 1. The number of nitrogens with zero attached hydrogens (tertiary/aromatic N) is 1. The van der Waals surface area contributed by atoms with E-state index in [1.54, 1.807) is 12.2 Å². The SMILES string of the molecule is O=C(NC/C=C/CCl)c1cccc([N+](=O)[O-])c1. The Morgan fingerprint density at radius 1 is 1.47 bits per heavy atom. The molecule has 0 aromatic heterocycles. The minimum atomic E-state index is -0.538. The molecule has 90 valence electrons. The highest BCUT2D eigenvalue weighted by Crippen LogP contribution is 2.12. The summed E-state index contributed by atoms with van der Waals surface area (Å²) in [7, 11) is 0. The molecular weight excluding hydrogens is 244 g/mol. The number of allylic oxidation sites excluding steroid dienone is 1. The Kier molecular flexibility index (Phi) is 5.16. The molecule has 5 nitrogen and oxygen atoms in total. The molecule has 0 fully saturated rings. The van der Waals surface area contributed by atoms with Gasteiger partial charge in [-0.3, -0.25) is 14.9 Å². The summed E-state index contributed by atoms with van der Waals surface area (Å²) < 4.78 is 0. The first-order valence-electron chi connectivity index (χ1n) is 4.88. The number of amides is 1. The quantitative estimate of drug-likeness (QED) is 0.379. The van der Waals surface area contributed by atoms with Crippen LogP contribution in [-0.4, -0.2) is 23.3 Å². The van der Waals surface area contributed by atoms with Gasteiger partial charge in [-0.25, -0.2) is 0 Å². The summed E-state index contributed by atoms with van der Waals surface area (Å²) in [5.41, 5.74) is 0.160. The molecule has 1 aromatic rings. The number of alkyl halides is 1. The van der Waals surface area contributed by atoms with Gasteiger partial charge in [0.1, 0.15) is 0 Å². The maximum atomic E-state index is 11.6. The zero-order valence-electron chi connectivity index (χ0n) is 8.93. The van der Waals surface area contributed by atoms with E-state index in [4.69, 9.17) is 11.6 Å². The van der Waals surface area contributed by atoms with Crippen LogP contribution in [0.25, 0.3) is 0 Å². The Hall–Kier alpha value is -1.88. The van der Waals surface area contributed by atoms with Crippen LogP contribution in [0.4, 0.5) is 5.69 Å². The number of hydrogen-bond donors (Lipinski definition) is 1. The van der Waals surface area contributed by atoms with Crippen molar-refractivity contribution in [2.45, 2.75) is 0 Å². The third-order valence-corrected chi connectivity index (χ3v) is 2.13. The Balaban J connectivity index is 2.66. The van der Waals surface area contributed by atoms with E-state index < -0.39 is 4.92 Å². The highest BCUT2D eigenvalue weighted by atomic mass is 35.5. The lowest BCUT2D eigenvalue weighted by Crippen LogP contribution is -2.23. The van der Waals surface area contributed by atoms with Crippen molar-refractivity contribution in [2.75, 3.05) is 12.4 Å². The van der Waals surface area contributed by atoms with Crippen LogP contribution >= 0.6 is 11.6 Å². The molecule has 0 bridgehead atoms. The van der Waals surface area contributed by atoms with E-state index in [2.05, 4.69) is 5.32 Å². The number of halogens is 1. The summed E-state index contributed by atoms with van der Waals surface area (Å²) in [6.07, 6.45) is 3.41. The van der Waals surface area contributed by atoms with Crippen LogP contribution in [0, 0.1) is 10.1 Å². The van der Waals surface area contributed by atoms with Gasteiger partial charge in [0, 0.05) is 30.1 Å². The van der Waals surface area contributed by atoms with Gasteiger partial charge in [-0.1, -0.05) is 18.2 Å². The van der Waals surface area contributed by atoms with Gasteiger partial charge in [-0.15, -0.1) is 11.6 Å². The molecule has 1 N–H and O–H groups in total. The predicted octanol–water partition coefficient (Wildman–Crippen LogP) is 2.12. The second-order valence-corrected chi connectivity index (χ2v) is 3.45. The maximum Gasteiger partial charge on any atom is 0.270 e. The zero-order chi connectivity index (χ0) is 12.7. The minimum Gasteiger partial charge on any atom is -0.349 e. The number of hydrogen-bond acceptors (Lipinski definition) is 3. The molecule has 0 aliphatic rings. The fraction of sp³-hybridized carbons (Fsp3) is 0.182. The van der Waals surface area contributed by atoms with Crippen LogP contribution in [0.1, 0.15) is 10.4 Å². The van der Waals surface area contributed by atoms with E-state index in [0.717, 1.165) is 0 Å². The van der Waals surface area contributed by atoms with Crippen molar-refractivity contribution >= 4 is 23.2 Å². The van der Waals surface area contributed by atoms with Gasteiger partial charge in [-0.2, -0.15) is 0 Å². The van der Waals surface area contributed by atoms with Crippen molar-refractivity contribution in [3.8, 4) is 0 Å². The first-order chi connectivity index (χ1) is 8.15. The minimum absolute atomic E-state index is 0.103. The maximum absolute atomic E-state index is 11.6. The van der Waals surface area contributed by atoms with Crippen molar-refractivity contribution < 1.29 is 9.72 Å². The Bertz CT molecular complexity index is 446. The van der Waals surface area contributed by atoms with E-state index in [9.17, 15) is 14.9 Å². The number of carbonyl (C=O) groups is 1. The third kappa shape index (κ3) is 4.24. The molecule has 0 aliphatic heterocycles. The molecule has 1 amide bonds. The monoisotopic (exact) mass is 254 g/mol. The number of nitro groups is 1. The highest BCUT2D eigenvalue weighted by Gasteiger charge is 2.10. The first-order valence-corrected chi connectivity index (χ1v) is 5.42. The molecule has 0 unspecified atom stereocenters. The van der Waals surface area contributed by atoms with E-state index in [-0.39, 0.29) is 17.2 Å². The van der Waals surface area contributed by atoms with E-state index in [1.807, 2.05) is 0 Å². The Morgan fingerprint density at radius 3 is 2.88 bits per heavy atom. The van der Waals surface area contributed by atoms with E-state index >= 15 is 0 Å². The van der Waals surface area contributed by atoms with Gasteiger partial charge in [0.05, 0.1) is 4.92 Å². The summed E-state index contributed by atoms with van der Waals surface area (Å²) in [6, 6.07) is 5.57. The molecule has 0 saturated carbocycles. The van der Waals surface area contributed by atoms with Gasteiger partial charge in [-0.05, 0) is 6.07 Å². The molecule has 17 heavy (non-hydrogen) atoms. The molecule has 1 rings (SSSR count). The molecule has 6 heteroatoms. The Morgan fingerprint density at radius 2 is 2.24 bits per heavy atom. The van der Waals surface area contributed by atoms with Crippen LogP contribution < -0.4 is 5.32 Å². The first kappa shape index (κ1) is 13.2. The summed E-state index contributed by atoms with van der Waals surface area (Å²) in [6.45, 7) is 0.342. The summed E-state index contributed by atoms with van der Waals surface area (Å²) in [5.74, 6) is 0.0279. The molecule has 0 spiro atoms.